The van der Waals surface area contributed by atoms with E-state index in [4.69, 9.17) is 11.6 Å². The lowest BCUT2D eigenvalue weighted by Crippen LogP contribution is -2.39. The zero-order valence-electron chi connectivity index (χ0n) is 13.1. The number of carbonyl (C=O) groups excluding carboxylic acids is 1. The predicted molar refractivity (Wildman–Crippen MR) is 92.8 cm³/mol. The van der Waals surface area contributed by atoms with Crippen LogP contribution in [0.2, 0.25) is 5.02 Å². The number of carbonyl (C=O) groups is 1. The van der Waals surface area contributed by atoms with Crippen LogP contribution in [0.3, 0.4) is 0 Å². The zero-order valence-corrected chi connectivity index (χ0v) is 14.7. The van der Waals surface area contributed by atoms with Gasteiger partial charge in [-0.2, -0.15) is 4.31 Å². The Labute approximate surface area is 146 Å². The molecule has 1 N–H and O–H groups in total. The van der Waals surface area contributed by atoms with E-state index in [0.29, 0.717) is 10.6 Å². The fourth-order valence-corrected chi connectivity index (χ4v) is 2.98. The number of aromatic nitrogens is 1. The van der Waals surface area contributed by atoms with Gasteiger partial charge in [-0.1, -0.05) is 35.9 Å². The third-order valence-corrected chi connectivity index (χ3v) is 4.87. The Balaban J connectivity index is 1.99. The van der Waals surface area contributed by atoms with Gasteiger partial charge in [0.15, 0.2) is 0 Å². The molecule has 1 aromatic heterocycles. The molecule has 0 saturated heterocycles. The smallest absolute Gasteiger partial charge is 0.235 e. The summed E-state index contributed by atoms with van der Waals surface area (Å²) in [6, 6.07) is 10.6. The SMILES string of the molecule is CS(=O)(=O)N(CC(=O)NCc1ccccc1Cl)Cc1cccnc1. The monoisotopic (exact) mass is 367 g/mol. The summed E-state index contributed by atoms with van der Waals surface area (Å²) < 4.78 is 24.9. The molecule has 0 aliphatic rings. The van der Waals surface area contributed by atoms with E-state index in [2.05, 4.69) is 10.3 Å². The van der Waals surface area contributed by atoms with Crippen molar-refractivity contribution in [3.05, 3.63) is 64.9 Å². The van der Waals surface area contributed by atoms with Crippen LogP contribution >= 0.6 is 11.6 Å². The Kier molecular flexibility index (Phi) is 6.30. The highest BCUT2D eigenvalue weighted by molar-refractivity contribution is 7.88. The highest BCUT2D eigenvalue weighted by atomic mass is 35.5. The standard InChI is InChI=1S/C16H18ClN3O3S/c1-24(22,23)20(11-13-5-4-8-18-9-13)12-16(21)19-10-14-6-2-3-7-15(14)17/h2-9H,10-12H2,1H3,(H,19,21). The van der Waals surface area contributed by atoms with Gasteiger partial charge in [-0.25, -0.2) is 8.42 Å². The van der Waals surface area contributed by atoms with E-state index in [1.807, 2.05) is 6.07 Å². The maximum absolute atomic E-state index is 12.1. The number of rotatable bonds is 7. The highest BCUT2D eigenvalue weighted by Gasteiger charge is 2.20. The topological polar surface area (TPSA) is 79.4 Å². The molecule has 2 aromatic rings. The van der Waals surface area contributed by atoms with Crippen LogP contribution in [0.5, 0.6) is 0 Å². The third-order valence-electron chi connectivity index (χ3n) is 3.30. The molecule has 2 rings (SSSR count). The molecule has 0 spiro atoms. The van der Waals surface area contributed by atoms with Gasteiger partial charge in [0, 0.05) is 30.5 Å². The molecule has 0 bridgehead atoms. The molecule has 1 amide bonds. The molecule has 128 valence electrons. The molecule has 0 aliphatic heterocycles. The number of nitrogens with one attached hydrogen (secondary N) is 1. The minimum Gasteiger partial charge on any atom is -0.351 e. The van der Waals surface area contributed by atoms with Crippen molar-refractivity contribution in [1.29, 1.82) is 0 Å². The largest absolute Gasteiger partial charge is 0.351 e. The van der Waals surface area contributed by atoms with Crippen molar-refractivity contribution in [2.24, 2.45) is 0 Å². The first-order valence-electron chi connectivity index (χ1n) is 7.20. The first kappa shape index (κ1) is 18.4. The number of benzene rings is 1. The minimum atomic E-state index is -3.53. The maximum atomic E-state index is 12.1. The molecule has 0 aliphatic carbocycles. The van der Waals surface area contributed by atoms with Crippen LogP contribution in [0.4, 0.5) is 0 Å². The van der Waals surface area contributed by atoms with Crippen LogP contribution in [-0.2, 0) is 27.9 Å². The van der Waals surface area contributed by atoms with Gasteiger partial charge in [0.25, 0.3) is 0 Å². The number of amides is 1. The van der Waals surface area contributed by atoms with E-state index in [1.54, 1.807) is 42.7 Å². The molecular weight excluding hydrogens is 350 g/mol. The van der Waals surface area contributed by atoms with Crippen LogP contribution < -0.4 is 5.32 Å². The molecule has 0 atom stereocenters. The molecule has 6 nitrogen and oxygen atoms in total. The van der Waals surface area contributed by atoms with E-state index < -0.39 is 15.9 Å². The van der Waals surface area contributed by atoms with Crippen LogP contribution in [0.15, 0.2) is 48.8 Å². The second-order valence-corrected chi connectivity index (χ2v) is 7.65. The Bertz CT molecular complexity index is 797. The third kappa shape index (κ3) is 5.59. The average Bonchev–Trinajstić information content (AvgIpc) is 2.53. The van der Waals surface area contributed by atoms with E-state index in [-0.39, 0.29) is 19.6 Å². The molecule has 0 unspecified atom stereocenters. The van der Waals surface area contributed by atoms with Gasteiger partial charge < -0.3 is 5.32 Å². The summed E-state index contributed by atoms with van der Waals surface area (Å²) in [5.41, 5.74) is 1.48. The van der Waals surface area contributed by atoms with Gasteiger partial charge in [0.05, 0.1) is 12.8 Å². The van der Waals surface area contributed by atoms with Crippen molar-refractivity contribution in [1.82, 2.24) is 14.6 Å². The van der Waals surface area contributed by atoms with Gasteiger partial charge in [0.1, 0.15) is 0 Å². The Hall–Kier alpha value is -1.96. The Morgan fingerprint density at radius 2 is 2.00 bits per heavy atom. The fraction of sp³-hybridized carbons (Fsp3) is 0.250. The van der Waals surface area contributed by atoms with Crippen LogP contribution in [0.25, 0.3) is 0 Å². The molecule has 24 heavy (non-hydrogen) atoms. The van der Waals surface area contributed by atoms with Crippen molar-refractivity contribution in [2.45, 2.75) is 13.1 Å². The highest BCUT2D eigenvalue weighted by Crippen LogP contribution is 2.14. The Morgan fingerprint density at radius 1 is 1.25 bits per heavy atom. The van der Waals surface area contributed by atoms with Crippen molar-refractivity contribution in [2.75, 3.05) is 12.8 Å². The number of halogens is 1. The normalized spacial score (nSPS) is 11.5. The van der Waals surface area contributed by atoms with Crippen molar-refractivity contribution in [3.63, 3.8) is 0 Å². The number of hydrogen-bond donors (Lipinski definition) is 1. The van der Waals surface area contributed by atoms with E-state index in [0.717, 1.165) is 16.1 Å². The second kappa shape index (κ2) is 8.23. The number of hydrogen-bond acceptors (Lipinski definition) is 4. The minimum absolute atomic E-state index is 0.0895. The van der Waals surface area contributed by atoms with Gasteiger partial charge in [-0.15, -0.1) is 0 Å². The Morgan fingerprint density at radius 3 is 2.62 bits per heavy atom. The van der Waals surface area contributed by atoms with E-state index >= 15 is 0 Å². The van der Waals surface area contributed by atoms with Crippen LogP contribution in [0, 0.1) is 0 Å². The second-order valence-electron chi connectivity index (χ2n) is 5.26. The van der Waals surface area contributed by atoms with Gasteiger partial charge in [0.2, 0.25) is 15.9 Å². The maximum Gasteiger partial charge on any atom is 0.235 e. The molecule has 0 radical (unpaired) electrons. The van der Waals surface area contributed by atoms with Gasteiger partial charge in [-0.05, 0) is 23.3 Å². The number of pyridine rings is 1. The summed E-state index contributed by atoms with van der Waals surface area (Å²) in [6.45, 7) is 0.0629. The molecule has 1 aromatic carbocycles. The van der Waals surface area contributed by atoms with E-state index in [9.17, 15) is 13.2 Å². The lowest BCUT2D eigenvalue weighted by Gasteiger charge is -2.19. The quantitative estimate of drug-likeness (QED) is 0.809. The summed E-state index contributed by atoms with van der Waals surface area (Å²) in [5, 5.41) is 3.23. The summed E-state index contributed by atoms with van der Waals surface area (Å²) >= 11 is 6.03. The van der Waals surface area contributed by atoms with Crippen LogP contribution in [0.1, 0.15) is 11.1 Å². The number of sulfonamides is 1. The fourth-order valence-electron chi connectivity index (χ4n) is 2.04. The molecule has 0 fully saturated rings. The summed E-state index contributed by atoms with van der Waals surface area (Å²) in [6.07, 6.45) is 4.25. The van der Waals surface area contributed by atoms with Crippen molar-refractivity contribution < 1.29 is 13.2 Å². The summed E-state index contributed by atoms with van der Waals surface area (Å²) in [5.74, 6) is -0.399. The van der Waals surface area contributed by atoms with Crippen LogP contribution in [-0.4, -0.2) is 36.4 Å². The molecular formula is C16H18ClN3O3S. The summed E-state index contributed by atoms with van der Waals surface area (Å²) in [4.78, 5) is 16.0. The predicted octanol–water partition coefficient (Wildman–Crippen LogP) is 1.81. The van der Waals surface area contributed by atoms with Crippen molar-refractivity contribution >= 4 is 27.5 Å². The zero-order chi connectivity index (χ0) is 17.6. The first-order valence-corrected chi connectivity index (χ1v) is 9.43. The molecule has 0 saturated carbocycles. The van der Waals surface area contributed by atoms with E-state index in [1.165, 1.54) is 0 Å². The van der Waals surface area contributed by atoms with Gasteiger partial charge >= 0.3 is 0 Å². The lowest BCUT2D eigenvalue weighted by molar-refractivity contribution is -0.121. The average molecular weight is 368 g/mol. The first-order chi connectivity index (χ1) is 11.4. The van der Waals surface area contributed by atoms with Gasteiger partial charge in [-0.3, -0.25) is 9.78 Å². The molecule has 8 heteroatoms. The molecule has 1 heterocycles. The number of nitrogens with zero attached hydrogens (tertiary/aromatic N) is 2. The lowest BCUT2D eigenvalue weighted by atomic mass is 10.2. The van der Waals surface area contributed by atoms with Crippen molar-refractivity contribution in [3.8, 4) is 0 Å². The summed E-state index contributed by atoms with van der Waals surface area (Å²) in [7, 11) is -3.53.